The monoisotopic (exact) mass is 391 g/mol. The molecule has 0 aliphatic carbocycles. The fourth-order valence-corrected chi connectivity index (χ4v) is 2.85. The molecule has 1 aliphatic rings. The lowest BCUT2D eigenvalue weighted by Gasteiger charge is -2.31. The lowest BCUT2D eigenvalue weighted by atomic mass is 10.1. The minimum absolute atomic E-state index is 0.0439. The van der Waals surface area contributed by atoms with Crippen LogP contribution in [0.5, 0.6) is 0 Å². The van der Waals surface area contributed by atoms with Gasteiger partial charge in [-0.05, 0) is 46.0 Å². The lowest BCUT2D eigenvalue weighted by Crippen LogP contribution is -2.46. The zero-order chi connectivity index (χ0) is 20.5. The van der Waals surface area contributed by atoms with E-state index in [0.717, 1.165) is 6.54 Å². The van der Waals surface area contributed by atoms with E-state index in [0.29, 0.717) is 39.1 Å². The fraction of sp³-hybridized carbons (Fsp3) is 0.579. The molecule has 9 nitrogen and oxygen atoms in total. The predicted octanol–water partition coefficient (Wildman–Crippen LogP) is 0.724. The number of piperidine rings is 1. The molecule has 2 N–H and O–H groups in total. The van der Waals surface area contributed by atoms with Crippen LogP contribution in [0.25, 0.3) is 0 Å². The molecular weight excluding hydrogens is 362 g/mol. The Bertz CT molecular complexity index is 687. The summed E-state index contributed by atoms with van der Waals surface area (Å²) in [4.78, 5) is 44.2. The Balaban J connectivity index is 1.86. The van der Waals surface area contributed by atoms with Crippen molar-refractivity contribution in [3.8, 4) is 0 Å². The van der Waals surface area contributed by atoms with Crippen molar-refractivity contribution < 1.29 is 19.1 Å². The van der Waals surface area contributed by atoms with Gasteiger partial charge in [0.05, 0.1) is 6.61 Å². The van der Waals surface area contributed by atoms with Crippen LogP contribution in [0.4, 0.5) is 4.79 Å². The second-order valence-electron chi connectivity index (χ2n) is 6.90. The Morgan fingerprint density at radius 2 is 1.82 bits per heavy atom. The highest BCUT2D eigenvalue weighted by Gasteiger charge is 2.25. The number of rotatable bonds is 7. The van der Waals surface area contributed by atoms with E-state index < -0.39 is 0 Å². The number of nitrogens with zero attached hydrogens (tertiary/aromatic N) is 3. The molecule has 0 atom stereocenters. The second kappa shape index (κ2) is 10.6. The van der Waals surface area contributed by atoms with Crippen LogP contribution in [0.2, 0.25) is 0 Å². The maximum absolute atomic E-state index is 12.5. The summed E-state index contributed by atoms with van der Waals surface area (Å²) in [7, 11) is 3.85. The summed E-state index contributed by atoms with van der Waals surface area (Å²) in [5, 5.41) is 5.71. The molecule has 28 heavy (non-hydrogen) atoms. The number of pyridine rings is 1. The first-order chi connectivity index (χ1) is 13.4. The molecule has 1 aromatic rings. The predicted molar refractivity (Wildman–Crippen MR) is 104 cm³/mol. The zero-order valence-electron chi connectivity index (χ0n) is 16.7. The van der Waals surface area contributed by atoms with Crippen molar-refractivity contribution >= 4 is 17.9 Å². The Morgan fingerprint density at radius 1 is 1.18 bits per heavy atom. The smallest absolute Gasteiger partial charge is 0.409 e. The lowest BCUT2D eigenvalue weighted by molar-refractivity contribution is 0.0856. The highest BCUT2D eigenvalue weighted by molar-refractivity contribution is 5.96. The first kappa shape index (κ1) is 21.6. The summed E-state index contributed by atoms with van der Waals surface area (Å²) >= 11 is 0. The Hall–Kier alpha value is -2.68. The number of hydrogen-bond donors (Lipinski definition) is 2. The molecule has 1 fully saturated rings. The van der Waals surface area contributed by atoms with Crippen molar-refractivity contribution in [1.82, 2.24) is 25.4 Å². The van der Waals surface area contributed by atoms with Crippen molar-refractivity contribution in [2.75, 3.05) is 46.9 Å². The number of likely N-dealkylation sites (tertiary alicyclic amines) is 1. The van der Waals surface area contributed by atoms with Crippen molar-refractivity contribution in [2.24, 2.45) is 0 Å². The maximum atomic E-state index is 12.5. The van der Waals surface area contributed by atoms with Gasteiger partial charge >= 0.3 is 6.09 Å². The molecule has 154 valence electrons. The van der Waals surface area contributed by atoms with Gasteiger partial charge in [0.25, 0.3) is 11.8 Å². The molecule has 0 unspecified atom stereocenters. The summed E-state index contributed by atoms with van der Waals surface area (Å²) in [5.41, 5.74) is 0.414. The third-order valence-electron chi connectivity index (χ3n) is 4.42. The van der Waals surface area contributed by atoms with Gasteiger partial charge in [-0.25, -0.2) is 9.78 Å². The average Bonchev–Trinajstić information content (AvgIpc) is 2.68. The van der Waals surface area contributed by atoms with E-state index in [1.165, 1.54) is 0 Å². The van der Waals surface area contributed by atoms with Gasteiger partial charge in [0.1, 0.15) is 11.4 Å². The van der Waals surface area contributed by atoms with Gasteiger partial charge in [0.2, 0.25) is 0 Å². The zero-order valence-corrected chi connectivity index (χ0v) is 16.7. The Kier molecular flexibility index (Phi) is 8.19. The number of amides is 3. The van der Waals surface area contributed by atoms with E-state index in [1.807, 2.05) is 19.0 Å². The van der Waals surface area contributed by atoms with Gasteiger partial charge in [-0.1, -0.05) is 6.07 Å². The molecule has 2 heterocycles. The van der Waals surface area contributed by atoms with Crippen molar-refractivity contribution in [2.45, 2.75) is 25.8 Å². The molecule has 1 aliphatic heterocycles. The van der Waals surface area contributed by atoms with Gasteiger partial charge < -0.3 is 25.2 Å². The minimum Gasteiger partial charge on any atom is -0.450 e. The number of nitrogens with one attached hydrogen (secondary N) is 2. The third kappa shape index (κ3) is 6.49. The van der Waals surface area contributed by atoms with E-state index in [2.05, 4.69) is 15.6 Å². The van der Waals surface area contributed by atoms with Crippen molar-refractivity contribution in [3.63, 3.8) is 0 Å². The molecular formula is C19H29N5O4. The maximum Gasteiger partial charge on any atom is 0.409 e. The summed E-state index contributed by atoms with van der Waals surface area (Å²) in [6.45, 7) is 4.41. The second-order valence-corrected chi connectivity index (χ2v) is 6.90. The third-order valence-corrected chi connectivity index (χ3v) is 4.42. The Morgan fingerprint density at radius 3 is 2.43 bits per heavy atom. The van der Waals surface area contributed by atoms with Crippen LogP contribution in [0.1, 0.15) is 40.7 Å². The van der Waals surface area contributed by atoms with Crippen LogP contribution < -0.4 is 10.6 Å². The molecule has 0 spiro atoms. The van der Waals surface area contributed by atoms with Crippen LogP contribution in [-0.2, 0) is 4.74 Å². The van der Waals surface area contributed by atoms with Gasteiger partial charge in [-0.2, -0.15) is 0 Å². The highest BCUT2D eigenvalue weighted by Crippen LogP contribution is 2.12. The van der Waals surface area contributed by atoms with Crippen molar-refractivity contribution in [3.05, 3.63) is 29.6 Å². The number of aromatic nitrogens is 1. The van der Waals surface area contributed by atoms with Crippen LogP contribution in [-0.4, -0.2) is 85.6 Å². The molecule has 0 saturated carbocycles. The van der Waals surface area contributed by atoms with E-state index >= 15 is 0 Å². The molecule has 2 rings (SSSR count). The normalized spacial score (nSPS) is 14.6. The number of ether oxygens (including phenoxy) is 1. The topological polar surface area (TPSA) is 104 Å². The van der Waals surface area contributed by atoms with Crippen molar-refractivity contribution in [1.29, 1.82) is 0 Å². The van der Waals surface area contributed by atoms with Crippen LogP contribution in [0.3, 0.4) is 0 Å². The number of likely N-dealkylation sites (N-methyl/N-ethyl adjacent to an activating group) is 1. The van der Waals surface area contributed by atoms with Crippen LogP contribution in [0.15, 0.2) is 18.2 Å². The summed E-state index contributed by atoms with van der Waals surface area (Å²) in [6.07, 6.45) is 0.979. The average molecular weight is 391 g/mol. The standard InChI is InChI=1S/C19H29N5O4/c1-4-28-19(27)24-11-8-14(9-12-24)21-18(26)16-7-5-6-15(22-16)17(25)20-10-13-23(2)3/h5-7,14H,4,8-13H2,1-3H3,(H,20,25)(H,21,26). The first-order valence-electron chi connectivity index (χ1n) is 9.53. The van der Waals surface area contributed by atoms with Gasteiger partial charge in [-0.15, -0.1) is 0 Å². The molecule has 0 bridgehead atoms. The number of hydrogen-bond acceptors (Lipinski definition) is 6. The van der Waals surface area contributed by atoms with E-state index in [1.54, 1.807) is 30.0 Å². The summed E-state index contributed by atoms with van der Waals surface area (Å²) in [6, 6.07) is 4.77. The van der Waals surface area contributed by atoms with E-state index in [4.69, 9.17) is 4.74 Å². The Labute approximate surface area is 165 Å². The van der Waals surface area contributed by atoms with E-state index in [9.17, 15) is 14.4 Å². The highest BCUT2D eigenvalue weighted by atomic mass is 16.6. The van der Waals surface area contributed by atoms with E-state index in [-0.39, 0.29) is 35.3 Å². The SMILES string of the molecule is CCOC(=O)N1CCC(NC(=O)c2cccc(C(=O)NCCN(C)C)n2)CC1. The summed E-state index contributed by atoms with van der Waals surface area (Å²) < 4.78 is 4.99. The molecule has 0 aromatic carbocycles. The van der Waals surface area contributed by atoms with Crippen LogP contribution >= 0.6 is 0 Å². The fourth-order valence-electron chi connectivity index (χ4n) is 2.85. The van der Waals surface area contributed by atoms with Gasteiger partial charge in [0.15, 0.2) is 0 Å². The molecule has 3 amide bonds. The van der Waals surface area contributed by atoms with Gasteiger partial charge in [0, 0.05) is 32.2 Å². The summed E-state index contributed by atoms with van der Waals surface area (Å²) in [5.74, 6) is -0.628. The minimum atomic E-state index is -0.322. The first-order valence-corrected chi connectivity index (χ1v) is 9.53. The number of carbonyl (C=O) groups is 3. The molecule has 1 saturated heterocycles. The van der Waals surface area contributed by atoms with Gasteiger partial charge in [-0.3, -0.25) is 9.59 Å². The molecule has 9 heteroatoms. The van der Waals surface area contributed by atoms with Crippen LogP contribution in [0, 0.1) is 0 Å². The largest absolute Gasteiger partial charge is 0.450 e. The molecule has 0 radical (unpaired) electrons. The number of carbonyl (C=O) groups excluding carboxylic acids is 3. The molecule has 1 aromatic heterocycles. The quantitative estimate of drug-likeness (QED) is 0.710.